The molecule has 2 rings (SSSR count). The average Bonchev–Trinajstić information content (AvgIpc) is 2.45. The molecule has 2 aromatic carbocycles. The molecule has 1 amide bonds. The van der Waals surface area contributed by atoms with Crippen LogP contribution < -0.4 is 11.3 Å². The molecule has 3 heteroatoms. The zero-order chi connectivity index (χ0) is 13.7. The topological polar surface area (TPSA) is 55.1 Å². The maximum Gasteiger partial charge on any atom is 0.265 e. The van der Waals surface area contributed by atoms with E-state index in [9.17, 15) is 4.79 Å². The van der Waals surface area contributed by atoms with Crippen molar-refractivity contribution in [3.8, 4) is 0 Å². The van der Waals surface area contributed by atoms with Gasteiger partial charge in [-0.15, -0.1) is 0 Å². The zero-order valence-electron chi connectivity index (χ0n) is 11.0. The third kappa shape index (κ3) is 3.42. The zero-order valence-corrected chi connectivity index (χ0v) is 11.0. The normalized spacial score (nSPS) is 10.2. The molecule has 0 aliphatic heterocycles. The fourth-order valence-electron chi connectivity index (χ4n) is 2.15. The maximum atomic E-state index is 11.7. The van der Waals surface area contributed by atoms with E-state index in [0.29, 0.717) is 5.56 Å². The number of hydrazine groups is 1. The van der Waals surface area contributed by atoms with Crippen molar-refractivity contribution in [2.45, 2.75) is 19.8 Å². The van der Waals surface area contributed by atoms with Crippen molar-refractivity contribution in [2.24, 2.45) is 5.84 Å². The Hall–Kier alpha value is -2.13. The molecule has 0 aromatic heterocycles. The number of nitrogens with two attached hydrogens (primary N) is 1. The smallest absolute Gasteiger partial charge is 0.265 e. The molecule has 0 saturated heterocycles. The number of hydrogen-bond donors (Lipinski definition) is 2. The lowest BCUT2D eigenvalue weighted by Crippen LogP contribution is -2.30. The lowest BCUT2D eigenvalue weighted by molar-refractivity contribution is 0.0952. The minimum atomic E-state index is -0.233. The van der Waals surface area contributed by atoms with Crippen molar-refractivity contribution in [1.29, 1.82) is 0 Å². The first-order valence-electron chi connectivity index (χ1n) is 6.35. The average molecular weight is 254 g/mol. The Bertz CT molecular complexity index is 564. The van der Waals surface area contributed by atoms with Gasteiger partial charge in [0.15, 0.2) is 0 Å². The van der Waals surface area contributed by atoms with E-state index in [2.05, 4.69) is 17.6 Å². The minimum Gasteiger partial charge on any atom is -0.290 e. The van der Waals surface area contributed by atoms with E-state index in [1.54, 1.807) is 0 Å². The number of nitrogen functional groups attached to an aromatic ring is 1. The van der Waals surface area contributed by atoms with Crippen LogP contribution in [0.3, 0.4) is 0 Å². The number of aryl methyl sites for hydroxylation is 3. The molecule has 0 saturated carbocycles. The second-order valence-corrected chi connectivity index (χ2v) is 4.62. The second-order valence-electron chi connectivity index (χ2n) is 4.62. The molecule has 19 heavy (non-hydrogen) atoms. The third-order valence-electron chi connectivity index (χ3n) is 3.16. The molecule has 3 N–H and O–H groups in total. The van der Waals surface area contributed by atoms with Crippen molar-refractivity contribution in [2.75, 3.05) is 0 Å². The molecule has 0 atom stereocenters. The number of nitrogens with one attached hydrogen (secondary N) is 1. The lowest BCUT2D eigenvalue weighted by atomic mass is 9.97. The van der Waals surface area contributed by atoms with Crippen LogP contribution in [0.2, 0.25) is 0 Å². The molecule has 0 aliphatic rings. The van der Waals surface area contributed by atoms with Gasteiger partial charge in [0.1, 0.15) is 0 Å². The monoisotopic (exact) mass is 254 g/mol. The third-order valence-corrected chi connectivity index (χ3v) is 3.16. The molecule has 0 fully saturated rings. The van der Waals surface area contributed by atoms with Gasteiger partial charge in [-0.1, -0.05) is 48.0 Å². The fraction of sp³-hybridized carbons (Fsp3) is 0.188. The van der Waals surface area contributed by atoms with Crippen molar-refractivity contribution in [1.82, 2.24) is 5.43 Å². The number of carbonyl (C=O) groups is 1. The standard InChI is InChI=1S/C16H18N2O/c1-12-7-10-15(16(19)18-17)14(11-12)9-8-13-5-3-2-4-6-13/h2-7,10-11H,8-9,17H2,1H3,(H,18,19). The summed E-state index contributed by atoms with van der Waals surface area (Å²) in [5, 5.41) is 0. The summed E-state index contributed by atoms with van der Waals surface area (Å²) in [5.74, 6) is 4.99. The van der Waals surface area contributed by atoms with Gasteiger partial charge in [0.05, 0.1) is 0 Å². The highest BCUT2D eigenvalue weighted by atomic mass is 16.2. The van der Waals surface area contributed by atoms with Crippen LogP contribution in [-0.4, -0.2) is 5.91 Å². The van der Waals surface area contributed by atoms with Crippen LogP contribution in [0.4, 0.5) is 0 Å². The molecule has 0 unspecified atom stereocenters. The molecular weight excluding hydrogens is 236 g/mol. The molecular formula is C16H18N2O. The largest absolute Gasteiger partial charge is 0.290 e. The van der Waals surface area contributed by atoms with Gasteiger partial charge >= 0.3 is 0 Å². The molecule has 2 aromatic rings. The van der Waals surface area contributed by atoms with Gasteiger partial charge in [0.25, 0.3) is 5.91 Å². The van der Waals surface area contributed by atoms with Crippen molar-refractivity contribution < 1.29 is 4.79 Å². The van der Waals surface area contributed by atoms with Gasteiger partial charge in [-0.05, 0) is 37.0 Å². The Morgan fingerprint density at radius 1 is 1.11 bits per heavy atom. The SMILES string of the molecule is Cc1ccc(C(=O)NN)c(CCc2ccccc2)c1. The minimum absolute atomic E-state index is 0.233. The highest BCUT2D eigenvalue weighted by Crippen LogP contribution is 2.15. The number of benzene rings is 2. The Morgan fingerprint density at radius 3 is 2.53 bits per heavy atom. The van der Waals surface area contributed by atoms with Gasteiger partial charge in [0, 0.05) is 5.56 Å². The van der Waals surface area contributed by atoms with E-state index in [1.165, 1.54) is 5.56 Å². The molecule has 0 heterocycles. The van der Waals surface area contributed by atoms with Gasteiger partial charge in [-0.2, -0.15) is 0 Å². The quantitative estimate of drug-likeness (QED) is 0.500. The van der Waals surface area contributed by atoms with Crippen molar-refractivity contribution >= 4 is 5.91 Å². The molecule has 0 spiro atoms. The summed E-state index contributed by atoms with van der Waals surface area (Å²) >= 11 is 0. The van der Waals surface area contributed by atoms with Crippen molar-refractivity contribution in [3.63, 3.8) is 0 Å². The van der Waals surface area contributed by atoms with E-state index in [1.807, 2.05) is 43.3 Å². The van der Waals surface area contributed by atoms with Crippen LogP contribution >= 0.6 is 0 Å². The highest BCUT2D eigenvalue weighted by Gasteiger charge is 2.10. The summed E-state index contributed by atoms with van der Waals surface area (Å²) in [4.78, 5) is 11.7. The Labute approximate surface area is 113 Å². The predicted octanol–water partition coefficient (Wildman–Crippen LogP) is 2.38. The van der Waals surface area contributed by atoms with E-state index < -0.39 is 0 Å². The summed E-state index contributed by atoms with van der Waals surface area (Å²) in [7, 11) is 0. The van der Waals surface area contributed by atoms with Crippen LogP contribution in [-0.2, 0) is 12.8 Å². The number of carbonyl (C=O) groups excluding carboxylic acids is 1. The number of amides is 1. The van der Waals surface area contributed by atoms with E-state index in [-0.39, 0.29) is 5.91 Å². The van der Waals surface area contributed by atoms with Crippen LogP contribution in [0.25, 0.3) is 0 Å². The summed E-state index contributed by atoms with van der Waals surface area (Å²) in [6.45, 7) is 2.02. The lowest BCUT2D eigenvalue weighted by Gasteiger charge is -2.09. The molecule has 3 nitrogen and oxygen atoms in total. The van der Waals surface area contributed by atoms with Gasteiger partial charge in [-0.25, -0.2) is 5.84 Å². The fourth-order valence-corrected chi connectivity index (χ4v) is 2.15. The number of rotatable bonds is 4. The number of hydrogen-bond acceptors (Lipinski definition) is 2. The predicted molar refractivity (Wildman–Crippen MR) is 76.7 cm³/mol. The first-order chi connectivity index (χ1) is 9.20. The molecule has 0 aliphatic carbocycles. The highest BCUT2D eigenvalue weighted by molar-refractivity contribution is 5.95. The van der Waals surface area contributed by atoms with Crippen LogP contribution in [0, 0.1) is 6.92 Å². The maximum absolute atomic E-state index is 11.7. The summed E-state index contributed by atoms with van der Waals surface area (Å²) < 4.78 is 0. The summed E-state index contributed by atoms with van der Waals surface area (Å²) in [5.41, 5.74) is 6.31. The first kappa shape index (κ1) is 13.3. The Balaban J connectivity index is 2.19. The van der Waals surface area contributed by atoms with Crippen LogP contribution in [0.1, 0.15) is 27.0 Å². The van der Waals surface area contributed by atoms with Gasteiger partial charge in [-0.3, -0.25) is 10.2 Å². The van der Waals surface area contributed by atoms with Crippen LogP contribution in [0.5, 0.6) is 0 Å². The van der Waals surface area contributed by atoms with Gasteiger partial charge in [0.2, 0.25) is 0 Å². The van der Waals surface area contributed by atoms with E-state index in [0.717, 1.165) is 24.0 Å². The molecule has 98 valence electrons. The Morgan fingerprint density at radius 2 is 1.84 bits per heavy atom. The summed E-state index contributed by atoms with van der Waals surface area (Å²) in [6.07, 6.45) is 1.74. The summed E-state index contributed by atoms with van der Waals surface area (Å²) in [6, 6.07) is 16.1. The van der Waals surface area contributed by atoms with E-state index in [4.69, 9.17) is 5.84 Å². The second kappa shape index (κ2) is 6.16. The first-order valence-corrected chi connectivity index (χ1v) is 6.35. The molecule has 0 bridgehead atoms. The Kier molecular flexibility index (Phi) is 4.31. The van der Waals surface area contributed by atoms with Crippen LogP contribution in [0.15, 0.2) is 48.5 Å². The van der Waals surface area contributed by atoms with E-state index >= 15 is 0 Å². The van der Waals surface area contributed by atoms with Gasteiger partial charge < -0.3 is 0 Å². The molecule has 0 radical (unpaired) electrons. The van der Waals surface area contributed by atoms with Crippen molar-refractivity contribution in [3.05, 3.63) is 70.8 Å².